The highest BCUT2D eigenvalue weighted by Gasteiger charge is 2.16. The molecule has 0 radical (unpaired) electrons. The first-order valence-corrected chi connectivity index (χ1v) is 7.50. The first kappa shape index (κ1) is 15.4. The summed E-state index contributed by atoms with van der Waals surface area (Å²) >= 11 is 3.36. The van der Waals surface area contributed by atoms with Crippen LogP contribution >= 0.6 is 15.9 Å². The van der Waals surface area contributed by atoms with E-state index in [9.17, 15) is 9.18 Å². The van der Waals surface area contributed by atoms with E-state index in [0.717, 1.165) is 4.47 Å². The zero-order valence-corrected chi connectivity index (χ0v) is 13.6. The van der Waals surface area contributed by atoms with Gasteiger partial charge >= 0.3 is 6.09 Å². The van der Waals surface area contributed by atoms with Crippen molar-refractivity contribution in [3.8, 4) is 11.3 Å². The fourth-order valence-electron chi connectivity index (χ4n) is 2.38. The zero-order chi connectivity index (χ0) is 16.6. The van der Waals surface area contributed by atoms with E-state index in [1.165, 1.54) is 6.33 Å². The van der Waals surface area contributed by atoms with Gasteiger partial charge in [-0.3, -0.25) is 0 Å². The van der Waals surface area contributed by atoms with Crippen molar-refractivity contribution in [1.82, 2.24) is 19.9 Å². The van der Waals surface area contributed by atoms with Crippen molar-refractivity contribution < 1.29 is 14.3 Å². The first-order chi connectivity index (χ1) is 11.0. The van der Waals surface area contributed by atoms with E-state index in [1.807, 2.05) is 6.07 Å². The van der Waals surface area contributed by atoms with Crippen LogP contribution in [0.5, 0.6) is 0 Å². The molecule has 118 valence electrons. The Morgan fingerprint density at radius 3 is 3.00 bits per heavy atom. The average Bonchev–Trinajstić information content (AvgIpc) is 2.89. The Balaban J connectivity index is 2.09. The van der Waals surface area contributed by atoms with Crippen LogP contribution in [0.25, 0.3) is 16.8 Å². The van der Waals surface area contributed by atoms with Crippen molar-refractivity contribution >= 4 is 27.5 Å². The predicted molar refractivity (Wildman–Crippen MR) is 85.7 cm³/mol. The van der Waals surface area contributed by atoms with Gasteiger partial charge in [-0.2, -0.15) is 5.10 Å². The maximum atomic E-state index is 14.8. The Labute approximate surface area is 139 Å². The van der Waals surface area contributed by atoms with Crippen molar-refractivity contribution in [1.29, 1.82) is 0 Å². The molecule has 1 amide bonds. The summed E-state index contributed by atoms with van der Waals surface area (Å²) < 4.78 is 17.2. The van der Waals surface area contributed by atoms with Crippen LogP contribution in [0, 0.1) is 12.7 Å². The zero-order valence-electron chi connectivity index (χ0n) is 12.0. The molecule has 0 aliphatic heterocycles. The number of hydrogen-bond donors (Lipinski definition) is 2. The number of nitrogens with one attached hydrogen (secondary N) is 1. The van der Waals surface area contributed by atoms with Crippen molar-refractivity contribution in [2.45, 2.75) is 13.5 Å². The van der Waals surface area contributed by atoms with Gasteiger partial charge in [0.05, 0.1) is 5.52 Å². The number of rotatable bonds is 3. The second-order valence-electron chi connectivity index (χ2n) is 4.97. The maximum absolute atomic E-state index is 14.8. The summed E-state index contributed by atoms with van der Waals surface area (Å²) in [4.78, 5) is 14.8. The number of fused-ring (bicyclic) bond motifs is 1. The fourth-order valence-corrected chi connectivity index (χ4v) is 2.79. The van der Waals surface area contributed by atoms with E-state index in [-0.39, 0.29) is 6.54 Å². The minimum absolute atomic E-state index is 0.0498. The van der Waals surface area contributed by atoms with E-state index >= 15 is 0 Å². The normalized spacial score (nSPS) is 10.9. The summed E-state index contributed by atoms with van der Waals surface area (Å²) in [6.07, 6.45) is 1.98. The molecule has 2 aromatic heterocycles. The Morgan fingerprint density at radius 1 is 1.48 bits per heavy atom. The van der Waals surface area contributed by atoms with Gasteiger partial charge in [0, 0.05) is 22.8 Å². The number of nitrogens with zero attached hydrogens (tertiary/aromatic N) is 3. The molecular formula is C15H12BrFN4O2. The molecule has 0 unspecified atom stereocenters. The molecule has 1 aromatic carbocycles. The smallest absolute Gasteiger partial charge is 0.404 e. The van der Waals surface area contributed by atoms with Gasteiger partial charge in [0.1, 0.15) is 17.8 Å². The van der Waals surface area contributed by atoms with Crippen LogP contribution in [0.2, 0.25) is 0 Å². The van der Waals surface area contributed by atoms with E-state index in [1.54, 1.807) is 29.8 Å². The molecule has 8 heteroatoms. The highest BCUT2D eigenvalue weighted by atomic mass is 79.9. The second kappa shape index (κ2) is 5.96. The van der Waals surface area contributed by atoms with Crippen LogP contribution in [0.1, 0.15) is 11.1 Å². The van der Waals surface area contributed by atoms with Crippen LogP contribution in [0.4, 0.5) is 9.18 Å². The van der Waals surface area contributed by atoms with Crippen LogP contribution < -0.4 is 5.32 Å². The lowest BCUT2D eigenvalue weighted by atomic mass is 10.0. The minimum Gasteiger partial charge on any atom is -0.465 e. The van der Waals surface area contributed by atoms with Crippen LogP contribution in [-0.4, -0.2) is 25.8 Å². The van der Waals surface area contributed by atoms with Gasteiger partial charge < -0.3 is 10.4 Å². The van der Waals surface area contributed by atoms with E-state index < -0.39 is 11.9 Å². The third kappa shape index (κ3) is 2.89. The van der Waals surface area contributed by atoms with Crippen LogP contribution in [-0.2, 0) is 6.54 Å². The Morgan fingerprint density at radius 2 is 2.26 bits per heavy atom. The summed E-state index contributed by atoms with van der Waals surface area (Å²) in [5.74, 6) is -0.424. The largest absolute Gasteiger partial charge is 0.465 e. The lowest BCUT2D eigenvalue weighted by molar-refractivity contribution is 0.194. The molecular weight excluding hydrogens is 367 g/mol. The Hall–Kier alpha value is -2.48. The standard InChI is InChI=1S/C15H12BrFN4O2/c1-8-9(5-18-15(22)23)2-3-11(13(8)17)14-12-4-10(16)6-21(12)20-7-19-14/h2-4,6-7,18H,5H2,1H3,(H,22,23). The van der Waals surface area contributed by atoms with Gasteiger partial charge in [-0.25, -0.2) is 18.7 Å². The molecule has 0 fully saturated rings. The molecule has 0 saturated heterocycles. The minimum atomic E-state index is -1.15. The molecule has 0 spiro atoms. The first-order valence-electron chi connectivity index (χ1n) is 6.71. The van der Waals surface area contributed by atoms with E-state index in [4.69, 9.17) is 5.11 Å². The van der Waals surface area contributed by atoms with Crippen LogP contribution in [0.15, 0.2) is 35.2 Å². The molecule has 0 aliphatic rings. The molecule has 3 rings (SSSR count). The number of aromatic nitrogens is 3. The van der Waals surface area contributed by atoms with Crippen molar-refractivity contribution in [2.24, 2.45) is 0 Å². The third-order valence-corrected chi connectivity index (χ3v) is 3.99. The molecule has 6 nitrogen and oxygen atoms in total. The van der Waals surface area contributed by atoms with E-state index in [0.29, 0.717) is 27.9 Å². The molecule has 0 bridgehead atoms. The quantitative estimate of drug-likeness (QED) is 0.731. The number of benzene rings is 1. The fraction of sp³-hybridized carbons (Fsp3) is 0.133. The van der Waals surface area contributed by atoms with E-state index in [2.05, 4.69) is 31.3 Å². The lowest BCUT2D eigenvalue weighted by Crippen LogP contribution is -2.20. The van der Waals surface area contributed by atoms with Crippen LogP contribution in [0.3, 0.4) is 0 Å². The van der Waals surface area contributed by atoms with Gasteiger partial charge in [-0.1, -0.05) is 6.07 Å². The summed E-state index contributed by atoms with van der Waals surface area (Å²) in [6.45, 7) is 1.67. The number of amides is 1. The number of hydrogen-bond acceptors (Lipinski definition) is 3. The van der Waals surface area contributed by atoms with Crippen molar-refractivity contribution in [3.05, 3.63) is 52.1 Å². The second-order valence-corrected chi connectivity index (χ2v) is 5.88. The predicted octanol–water partition coefficient (Wildman–Crippen LogP) is 3.37. The van der Waals surface area contributed by atoms with Gasteiger partial charge in [-0.05, 0) is 46.1 Å². The molecule has 0 aliphatic carbocycles. The SMILES string of the molecule is Cc1c(CNC(=O)O)ccc(-c2ncnn3cc(Br)cc23)c1F. The van der Waals surface area contributed by atoms with Gasteiger partial charge in [-0.15, -0.1) is 0 Å². The summed E-state index contributed by atoms with van der Waals surface area (Å²) in [7, 11) is 0. The number of carboxylic acid groups (broad SMARTS) is 1. The maximum Gasteiger partial charge on any atom is 0.404 e. The highest BCUT2D eigenvalue weighted by Crippen LogP contribution is 2.29. The summed E-state index contributed by atoms with van der Waals surface area (Å²) in [5.41, 5.74) is 2.46. The molecule has 0 saturated carbocycles. The number of halogens is 2. The van der Waals surface area contributed by atoms with Crippen molar-refractivity contribution in [3.63, 3.8) is 0 Å². The Kier molecular flexibility index (Phi) is 3.99. The molecule has 3 aromatic rings. The molecule has 2 heterocycles. The summed E-state index contributed by atoms with van der Waals surface area (Å²) in [6, 6.07) is 5.11. The lowest BCUT2D eigenvalue weighted by Gasteiger charge is -2.11. The third-order valence-electron chi connectivity index (χ3n) is 3.56. The molecule has 0 atom stereocenters. The monoisotopic (exact) mass is 378 g/mol. The highest BCUT2D eigenvalue weighted by molar-refractivity contribution is 9.10. The average molecular weight is 379 g/mol. The Bertz CT molecular complexity index is 910. The van der Waals surface area contributed by atoms with Gasteiger partial charge in [0.15, 0.2) is 0 Å². The topological polar surface area (TPSA) is 79.5 Å². The number of carbonyl (C=O) groups is 1. The van der Waals surface area contributed by atoms with Gasteiger partial charge in [0.25, 0.3) is 0 Å². The molecule has 2 N–H and O–H groups in total. The van der Waals surface area contributed by atoms with Gasteiger partial charge in [0.2, 0.25) is 0 Å². The van der Waals surface area contributed by atoms with Crippen molar-refractivity contribution in [2.75, 3.05) is 0 Å². The molecule has 23 heavy (non-hydrogen) atoms. The summed E-state index contributed by atoms with van der Waals surface area (Å²) in [5, 5.41) is 15.0.